The van der Waals surface area contributed by atoms with Gasteiger partial charge in [0.25, 0.3) is 5.91 Å². The Hall–Kier alpha value is -2.28. The van der Waals surface area contributed by atoms with E-state index in [1.54, 1.807) is 24.1 Å². The second-order valence-electron chi connectivity index (χ2n) is 6.00. The maximum absolute atomic E-state index is 12.5. The molecule has 7 nitrogen and oxygen atoms in total. The summed E-state index contributed by atoms with van der Waals surface area (Å²) in [5, 5.41) is 9.40. The zero-order valence-electron chi connectivity index (χ0n) is 14.2. The van der Waals surface area contributed by atoms with Crippen LogP contribution in [0.15, 0.2) is 18.2 Å². The second kappa shape index (κ2) is 8.20. The number of carbonyl (C=O) groups is 3. The van der Waals surface area contributed by atoms with Crippen molar-refractivity contribution in [1.82, 2.24) is 9.80 Å². The highest BCUT2D eigenvalue weighted by Gasteiger charge is 2.28. The molecule has 0 atom stereocenters. The Bertz CT molecular complexity index is 671. The van der Waals surface area contributed by atoms with E-state index in [1.807, 2.05) is 0 Å². The summed E-state index contributed by atoms with van der Waals surface area (Å²) in [4.78, 5) is 38.7. The van der Waals surface area contributed by atoms with Crippen molar-refractivity contribution < 1.29 is 24.2 Å². The van der Waals surface area contributed by atoms with E-state index in [0.29, 0.717) is 42.3 Å². The first kappa shape index (κ1) is 19.1. The Kier molecular flexibility index (Phi) is 6.25. The van der Waals surface area contributed by atoms with Crippen molar-refractivity contribution in [1.29, 1.82) is 0 Å². The number of likely N-dealkylation sites (N-methyl/N-ethyl adjacent to an activating group) is 1. The van der Waals surface area contributed by atoms with Crippen molar-refractivity contribution in [3.8, 4) is 5.75 Å². The Morgan fingerprint density at radius 2 is 1.96 bits per heavy atom. The Morgan fingerprint density at radius 1 is 1.32 bits per heavy atom. The number of hydrogen-bond donors (Lipinski definition) is 1. The molecule has 136 valence electrons. The fourth-order valence-electron chi connectivity index (χ4n) is 2.76. The molecule has 0 radical (unpaired) electrons. The lowest BCUT2D eigenvalue weighted by atomic mass is 9.97. The predicted molar refractivity (Wildman–Crippen MR) is 91.9 cm³/mol. The van der Waals surface area contributed by atoms with E-state index >= 15 is 0 Å². The minimum Gasteiger partial charge on any atom is -0.495 e. The molecule has 1 aromatic carbocycles. The standard InChI is InChI=1S/C17H21ClN2O5/c1-19(16(22)12-3-4-13(18)14(9-12)25-2)10-15(21)20-7-5-11(6-8-20)17(23)24/h3-4,9,11H,5-8,10H2,1-2H3,(H,23,24). The number of halogens is 1. The maximum atomic E-state index is 12.5. The van der Waals surface area contributed by atoms with Crippen LogP contribution in [-0.2, 0) is 9.59 Å². The van der Waals surface area contributed by atoms with Crippen LogP contribution in [0, 0.1) is 5.92 Å². The van der Waals surface area contributed by atoms with E-state index in [0.717, 1.165) is 0 Å². The summed E-state index contributed by atoms with van der Waals surface area (Å²) in [7, 11) is 3.01. The average molecular weight is 369 g/mol. The van der Waals surface area contributed by atoms with Gasteiger partial charge in [-0.1, -0.05) is 11.6 Å². The summed E-state index contributed by atoms with van der Waals surface area (Å²) in [6.07, 6.45) is 0.875. The molecule has 1 aliphatic rings. The zero-order chi connectivity index (χ0) is 18.6. The summed E-state index contributed by atoms with van der Waals surface area (Å²) in [6, 6.07) is 4.68. The van der Waals surface area contributed by atoms with Crippen LogP contribution in [0.25, 0.3) is 0 Å². The van der Waals surface area contributed by atoms with Crippen LogP contribution in [0.4, 0.5) is 0 Å². The van der Waals surface area contributed by atoms with Crippen LogP contribution < -0.4 is 4.74 Å². The van der Waals surface area contributed by atoms with E-state index < -0.39 is 11.9 Å². The van der Waals surface area contributed by atoms with Gasteiger partial charge in [-0.2, -0.15) is 0 Å². The van der Waals surface area contributed by atoms with Crippen LogP contribution >= 0.6 is 11.6 Å². The highest BCUT2D eigenvalue weighted by molar-refractivity contribution is 6.32. The molecule has 1 aliphatic heterocycles. The van der Waals surface area contributed by atoms with Gasteiger partial charge in [0.15, 0.2) is 0 Å². The number of carboxylic acids is 1. The van der Waals surface area contributed by atoms with E-state index in [4.69, 9.17) is 21.4 Å². The van der Waals surface area contributed by atoms with E-state index in [9.17, 15) is 14.4 Å². The number of carboxylic acid groups (broad SMARTS) is 1. The number of methoxy groups -OCH3 is 1. The first-order valence-corrected chi connectivity index (χ1v) is 8.31. The summed E-state index contributed by atoms with van der Waals surface area (Å²) < 4.78 is 5.10. The number of hydrogen-bond acceptors (Lipinski definition) is 4. The van der Waals surface area contributed by atoms with E-state index in [2.05, 4.69) is 0 Å². The molecule has 0 bridgehead atoms. The van der Waals surface area contributed by atoms with Gasteiger partial charge < -0.3 is 19.6 Å². The SMILES string of the molecule is COc1cc(C(=O)N(C)CC(=O)N2CCC(C(=O)O)CC2)ccc1Cl. The lowest BCUT2D eigenvalue weighted by molar-refractivity contribution is -0.145. The lowest BCUT2D eigenvalue weighted by Gasteiger charge is -2.31. The molecule has 0 spiro atoms. The molecule has 8 heteroatoms. The third-order valence-electron chi connectivity index (χ3n) is 4.31. The first-order valence-electron chi connectivity index (χ1n) is 7.93. The second-order valence-corrected chi connectivity index (χ2v) is 6.41. The highest BCUT2D eigenvalue weighted by Crippen LogP contribution is 2.25. The molecule has 1 N–H and O–H groups in total. The van der Waals surface area contributed by atoms with Crippen LogP contribution in [-0.4, -0.2) is 66.5 Å². The minimum atomic E-state index is -0.823. The predicted octanol–water partition coefficient (Wildman–Crippen LogP) is 1.74. The van der Waals surface area contributed by atoms with Gasteiger partial charge in [0.2, 0.25) is 5.91 Å². The van der Waals surface area contributed by atoms with Gasteiger partial charge in [-0.15, -0.1) is 0 Å². The van der Waals surface area contributed by atoms with Crippen LogP contribution in [0.5, 0.6) is 5.75 Å². The fraction of sp³-hybridized carbons (Fsp3) is 0.471. The van der Waals surface area contributed by atoms with Gasteiger partial charge in [-0.25, -0.2) is 0 Å². The van der Waals surface area contributed by atoms with Crippen LogP contribution in [0.2, 0.25) is 5.02 Å². The molecule has 0 saturated carbocycles. The Balaban J connectivity index is 1.95. The molecule has 1 heterocycles. The zero-order valence-corrected chi connectivity index (χ0v) is 15.0. The molecule has 1 aromatic rings. The number of carbonyl (C=O) groups excluding carboxylic acids is 2. The number of rotatable bonds is 5. The maximum Gasteiger partial charge on any atom is 0.306 e. The fourth-order valence-corrected chi connectivity index (χ4v) is 2.96. The smallest absolute Gasteiger partial charge is 0.306 e. The molecule has 0 aliphatic carbocycles. The van der Waals surface area contributed by atoms with E-state index in [-0.39, 0.29) is 18.4 Å². The quantitative estimate of drug-likeness (QED) is 0.855. The van der Waals surface area contributed by atoms with Crippen LogP contribution in [0.3, 0.4) is 0 Å². The van der Waals surface area contributed by atoms with Crippen LogP contribution in [0.1, 0.15) is 23.2 Å². The van der Waals surface area contributed by atoms with Gasteiger partial charge in [0.1, 0.15) is 5.75 Å². The van der Waals surface area contributed by atoms with Crippen molar-refractivity contribution in [2.75, 3.05) is 33.8 Å². The molecule has 1 fully saturated rings. The Labute approximate surface area is 151 Å². The van der Waals surface area contributed by atoms with Crippen molar-refractivity contribution in [3.63, 3.8) is 0 Å². The number of piperidine rings is 1. The molecular formula is C17H21ClN2O5. The van der Waals surface area contributed by atoms with Gasteiger partial charge >= 0.3 is 5.97 Å². The highest BCUT2D eigenvalue weighted by atomic mass is 35.5. The molecule has 0 unspecified atom stereocenters. The van der Waals surface area contributed by atoms with Gasteiger partial charge in [0.05, 0.1) is 24.6 Å². The van der Waals surface area contributed by atoms with Crippen molar-refractivity contribution >= 4 is 29.4 Å². The molecule has 0 aromatic heterocycles. The molecule has 2 amide bonds. The normalized spacial score (nSPS) is 14.9. The Morgan fingerprint density at radius 3 is 2.52 bits per heavy atom. The number of amides is 2. The molecule has 2 rings (SSSR count). The van der Waals surface area contributed by atoms with Gasteiger partial charge in [0, 0.05) is 25.7 Å². The number of benzene rings is 1. The summed E-state index contributed by atoms with van der Waals surface area (Å²) in [5.41, 5.74) is 0.376. The topological polar surface area (TPSA) is 87.2 Å². The van der Waals surface area contributed by atoms with Crippen molar-refractivity contribution in [3.05, 3.63) is 28.8 Å². The monoisotopic (exact) mass is 368 g/mol. The lowest BCUT2D eigenvalue weighted by Crippen LogP contribution is -2.45. The number of nitrogens with zero attached hydrogens (tertiary/aromatic N) is 2. The van der Waals surface area contributed by atoms with Gasteiger partial charge in [-0.3, -0.25) is 14.4 Å². The average Bonchev–Trinajstić information content (AvgIpc) is 2.61. The largest absolute Gasteiger partial charge is 0.495 e. The molecule has 1 saturated heterocycles. The summed E-state index contributed by atoms with van der Waals surface area (Å²) in [6.45, 7) is 0.723. The number of ether oxygens (including phenoxy) is 1. The molecular weight excluding hydrogens is 348 g/mol. The third-order valence-corrected chi connectivity index (χ3v) is 4.63. The number of aliphatic carboxylic acids is 1. The van der Waals surface area contributed by atoms with E-state index in [1.165, 1.54) is 18.1 Å². The molecule has 25 heavy (non-hydrogen) atoms. The van der Waals surface area contributed by atoms with Crippen molar-refractivity contribution in [2.45, 2.75) is 12.8 Å². The summed E-state index contributed by atoms with van der Waals surface area (Å²) in [5.74, 6) is -1.34. The van der Waals surface area contributed by atoms with Crippen molar-refractivity contribution in [2.24, 2.45) is 5.92 Å². The number of likely N-dealkylation sites (tertiary alicyclic amines) is 1. The minimum absolute atomic E-state index is 0.0679. The summed E-state index contributed by atoms with van der Waals surface area (Å²) >= 11 is 5.95. The van der Waals surface area contributed by atoms with Gasteiger partial charge in [-0.05, 0) is 31.0 Å². The third kappa shape index (κ3) is 4.63. The first-order chi connectivity index (χ1) is 11.8.